The lowest BCUT2D eigenvalue weighted by Gasteiger charge is -2.38. The van der Waals surface area contributed by atoms with Gasteiger partial charge in [0.15, 0.2) is 0 Å². The van der Waals surface area contributed by atoms with Crippen LogP contribution in [0.4, 0.5) is 10.5 Å². The van der Waals surface area contributed by atoms with Gasteiger partial charge >= 0.3 is 6.03 Å². The number of urea groups is 1. The van der Waals surface area contributed by atoms with Gasteiger partial charge < -0.3 is 30.1 Å². The van der Waals surface area contributed by atoms with Gasteiger partial charge in [0.25, 0.3) is 0 Å². The highest BCUT2D eigenvalue weighted by Gasteiger charge is 2.46. The Labute approximate surface area is 201 Å². The summed E-state index contributed by atoms with van der Waals surface area (Å²) in [5, 5.41) is 16.1. The zero-order valence-electron chi connectivity index (χ0n) is 19.8. The number of amides is 3. The minimum Gasteiger partial charge on any atom is -0.487 e. The van der Waals surface area contributed by atoms with Crippen molar-refractivity contribution in [1.82, 2.24) is 10.2 Å². The number of nitrogens with zero attached hydrogens (tertiary/aromatic N) is 1. The number of fused-ring (bicyclic) bond motifs is 3. The minimum absolute atomic E-state index is 0.0169. The Morgan fingerprint density at radius 2 is 1.82 bits per heavy atom. The molecule has 2 saturated heterocycles. The molecule has 4 atom stereocenters. The predicted molar refractivity (Wildman–Crippen MR) is 128 cm³/mol. The summed E-state index contributed by atoms with van der Waals surface area (Å²) in [5.74, 6) is 0.912. The van der Waals surface area contributed by atoms with Gasteiger partial charge in [0.2, 0.25) is 5.91 Å². The van der Waals surface area contributed by atoms with Crippen molar-refractivity contribution in [1.29, 1.82) is 0 Å². The summed E-state index contributed by atoms with van der Waals surface area (Å²) < 4.78 is 12.3. The van der Waals surface area contributed by atoms with Crippen molar-refractivity contribution in [3.05, 3.63) is 23.8 Å². The van der Waals surface area contributed by atoms with Gasteiger partial charge in [-0.3, -0.25) is 4.79 Å². The number of ether oxygens (including phenoxy) is 2. The molecule has 0 spiro atoms. The van der Waals surface area contributed by atoms with E-state index in [0.29, 0.717) is 12.8 Å². The maximum absolute atomic E-state index is 12.8. The Balaban J connectivity index is 1.25. The summed E-state index contributed by atoms with van der Waals surface area (Å²) in [4.78, 5) is 27.3. The van der Waals surface area contributed by atoms with Gasteiger partial charge in [-0.25, -0.2) is 4.79 Å². The molecule has 1 aromatic carbocycles. The molecule has 186 valence electrons. The Kier molecular flexibility index (Phi) is 7.25. The lowest BCUT2D eigenvalue weighted by atomic mass is 9.84. The van der Waals surface area contributed by atoms with Crippen LogP contribution < -0.4 is 15.4 Å². The van der Waals surface area contributed by atoms with Crippen LogP contribution in [0.25, 0.3) is 0 Å². The van der Waals surface area contributed by atoms with Gasteiger partial charge in [0.1, 0.15) is 18.0 Å². The van der Waals surface area contributed by atoms with E-state index in [-0.39, 0.29) is 42.7 Å². The van der Waals surface area contributed by atoms with Gasteiger partial charge in [0, 0.05) is 36.3 Å². The molecule has 0 bridgehead atoms. The fraction of sp³-hybridized carbons (Fsp3) is 0.692. The van der Waals surface area contributed by atoms with E-state index in [1.165, 1.54) is 25.7 Å². The van der Waals surface area contributed by atoms with Crippen LogP contribution in [0, 0.1) is 0 Å². The van der Waals surface area contributed by atoms with Gasteiger partial charge in [-0.15, -0.1) is 0 Å². The van der Waals surface area contributed by atoms with Crippen molar-refractivity contribution < 1.29 is 24.2 Å². The van der Waals surface area contributed by atoms with E-state index in [0.717, 1.165) is 55.8 Å². The van der Waals surface area contributed by atoms with Crippen LogP contribution in [0.2, 0.25) is 0 Å². The van der Waals surface area contributed by atoms with Crippen molar-refractivity contribution in [2.75, 3.05) is 25.0 Å². The van der Waals surface area contributed by atoms with Crippen LogP contribution in [-0.4, -0.2) is 66.0 Å². The Morgan fingerprint density at radius 1 is 1.06 bits per heavy atom. The molecule has 4 aliphatic rings. The molecular weight excluding hydrogens is 434 g/mol. The second-order valence-corrected chi connectivity index (χ2v) is 10.2. The van der Waals surface area contributed by atoms with E-state index in [1.807, 2.05) is 23.1 Å². The highest BCUT2D eigenvalue weighted by atomic mass is 16.6. The number of carbonyl (C=O) groups excluding carboxylic acids is 2. The van der Waals surface area contributed by atoms with Crippen molar-refractivity contribution in [2.45, 2.75) is 94.5 Å². The van der Waals surface area contributed by atoms with Gasteiger partial charge in [0.05, 0.1) is 19.1 Å². The SMILES string of the molecule is O=C(Nc1ccc2c(c1)[C@H]1C[C@H](CC(=O)N3CCCCC3)O[C@H](CO)[C@H]1O2)NC1CCCCC1. The molecule has 8 heteroatoms. The molecule has 8 nitrogen and oxygen atoms in total. The lowest BCUT2D eigenvalue weighted by Crippen LogP contribution is -2.48. The van der Waals surface area contributed by atoms with Gasteiger partial charge in [-0.1, -0.05) is 19.3 Å². The molecule has 3 heterocycles. The molecule has 0 aromatic heterocycles. The third kappa shape index (κ3) is 5.18. The number of nitrogens with one attached hydrogen (secondary N) is 2. The monoisotopic (exact) mass is 471 g/mol. The molecule has 3 N–H and O–H groups in total. The van der Waals surface area contributed by atoms with Crippen LogP contribution >= 0.6 is 0 Å². The highest BCUT2D eigenvalue weighted by molar-refractivity contribution is 5.89. The first-order valence-corrected chi connectivity index (χ1v) is 13.0. The molecule has 0 radical (unpaired) electrons. The number of carbonyl (C=O) groups is 2. The molecule has 1 aliphatic carbocycles. The van der Waals surface area contributed by atoms with E-state index in [9.17, 15) is 14.7 Å². The molecule has 3 fully saturated rings. The van der Waals surface area contributed by atoms with Crippen LogP contribution in [0.5, 0.6) is 5.75 Å². The summed E-state index contributed by atoms with van der Waals surface area (Å²) in [6.45, 7) is 1.49. The summed E-state index contributed by atoms with van der Waals surface area (Å²) in [5.41, 5.74) is 1.74. The number of hydrogen-bond donors (Lipinski definition) is 3. The van der Waals surface area contributed by atoms with Crippen molar-refractivity contribution in [2.24, 2.45) is 0 Å². The van der Waals surface area contributed by atoms with Crippen molar-refractivity contribution >= 4 is 17.6 Å². The fourth-order valence-electron chi connectivity index (χ4n) is 6.03. The second kappa shape index (κ2) is 10.5. The quantitative estimate of drug-likeness (QED) is 0.610. The van der Waals surface area contributed by atoms with Crippen LogP contribution in [0.15, 0.2) is 18.2 Å². The molecule has 0 unspecified atom stereocenters. The lowest BCUT2D eigenvalue weighted by molar-refractivity contribution is -0.149. The van der Waals surface area contributed by atoms with E-state index in [2.05, 4.69) is 10.6 Å². The first kappa shape index (κ1) is 23.4. The number of hydrogen-bond acceptors (Lipinski definition) is 5. The summed E-state index contributed by atoms with van der Waals surface area (Å²) in [6, 6.07) is 5.78. The van der Waals surface area contributed by atoms with E-state index >= 15 is 0 Å². The molecule has 3 amide bonds. The molecule has 5 rings (SSSR count). The zero-order chi connectivity index (χ0) is 23.5. The summed E-state index contributed by atoms with van der Waals surface area (Å²) in [6.07, 6.45) is 8.93. The van der Waals surface area contributed by atoms with Gasteiger partial charge in [-0.2, -0.15) is 0 Å². The zero-order valence-corrected chi connectivity index (χ0v) is 19.8. The van der Waals surface area contributed by atoms with Crippen molar-refractivity contribution in [3.63, 3.8) is 0 Å². The number of piperidine rings is 1. The first-order valence-electron chi connectivity index (χ1n) is 13.0. The standard InChI is InChI=1S/C26H37N3O5/c30-16-23-25-21(14-19(33-23)15-24(31)29-11-5-2-6-12-29)20-13-18(9-10-22(20)34-25)28-26(32)27-17-7-3-1-4-8-17/h9-10,13,17,19,21,23,25,30H,1-8,11-12,14-16H2,(H2,27,28,32)/t19-,21-,23-,25+/m1/s1. The Bertz CT molecular complexity index is 881. The summed E-state index contributed by atoms with van der Waals surface area (Å²) in [7, 11) is 0. The molecule has 1 aromatic rings. The fourth-order valence-corrected chi connectivity index (χ4v) is 6.03. The van der Waals surface area contributed by atoms with E-state index in [1.54, 1.807) is 0 Å². The number of aliphatic hydroxyl groups is 1. The number of aliphatic hydroxyl groups excluding tert-OH is 1. The van der Waals surface area contributed by atoms with Crippen LogP contribution in [0.3, 0.4) is 0 Å². The normalized spacial score (nSPS) is 29.0. The molecule has 1 saturated carbocycles. The maximum Gasteiger partial charge on any atom is 0.319 e. The van der Waals surface area contributed by atoms with Gasteiger partial charge in [-0.05, 0) is 56.7 Å². The van der Waals surface area contributed by atoms with E-state index < -0.39 is 6.10 Å². The average molecular weight is 472 g/mol. The molecule has 34 heavy (non-hydrogen) atoms. The average Bonchev–Trinajstić information content (AvgIpc) is 3.22. The third-order valence-corrected chi connectivity index (χ3v) is 7.81. The number of likely N-dealkylation sites (tertiary alicyclic amines) is 1. The Hall–Kier alpha value is -2.32. The minimum atomic E-state index is -0.476. The first-order chi connectivity index (χ1) is 16.6. The van der Waals surface area contributed by atoms with Crippen LogP contribution in [0.1, 0.15) is 75.7 Å². The van der Waals surface area contributed by atoms with Crippen LogP contribution in [-0.2, 0) is 9.53 Å². The maximum atomic E-state index is 12.8. The largest absolute Gasteiger partial charge is 0.487 e. The topological polar surface area (TPSA) is 100 Å². The Morgan fingerprint density at radius 3 is 2.59 bits per heavy atom. The molecular formula is C26H37N3O5. The van der Waals surface area contributed by atoms with Crippen molar-refractivity contribution in [3.8, 4) is 5.75 Å². The predicted octanol–water partition coefficient (Wildman–Crippen LogP) is 3.54. The molecule has 3 aliphatic heterocycles. The number of anilines is 1. The number of rotatable bonds is 5. The summed E-state index contributed by atoms with van der Waals surface area (Å²) >= 11 is 0. The van der Waals surface area contributed by atoms with E-state index in [4.69, 9.17) is 9.47 Å². The smallest absolute Gasteiger partial charge is 0.319 e. The third-order valence-electron chi connectivity index (χ3n) is 7.81. The number of benzene rings is 1. The second-order valence-electron chi connectivity index (χ2n) is 10.2. The highest BCUT2D eigenvalue weighted by Crippen LogP contribution is 2.47.